The molecule has 0 spiro atoms. The second kappa shape index (κ2) is 7.31. The summed E-state index contributed by atoms with van der Waals surface area (Å²) in [5, 5.41) is 4.90. The van der Waals surface area contributed by atoms with Crippen molar-refractivity contribution in [2.75, 3.05) is 0 Å². The van der Waals surface area contributed by atoms with E-state index in [0.29, 0.717) is 11.6 Å². The molecule has 2 aromatic carbocycles. The van der Waals surface area contributed by atoms with E-state index in [9.17, 15) is 9.00 Å². The lowest BCUT2D eigenvalue weighted by atomic mass is 10.2. The Morgan fingerprint density at radius 3 is 2.66 bits per heavy atom. The van der Waals surface area contributed by atoms with Gasteiger partial charge in [0, 0.05) is 37.5 Å². The molecule has 1 amide bonds. The van der Waals surface area contributed by atoms with E-state index in [2.05, 4.69) is 20.8 Å². The average molecular weight is 406 g/mol. The van der Waals surface area contributed by atoms with Crippen LogP contribution in [0.25, 0.3) is 5.03 Å². The van der Waals surface area contributed by atoms with Gasteiger partial charge in [0.25, 0.3) is 5.91 Å². The van der Waals surface area contributed by atoms with Crippen LogP contribution < -0.4 is 9.46 Å². The normalized spacial score (nSPS) is 18.4. The quantitative estimate of drug-likeness (QED) is 0.705. The van der Waals surface area contributed by atoms with Crippen LogP contribution in [-0.2, 0) is 35.4 Å². The summed E-state index contributed by atoms with van der Waals surface area (Å²) in [6.45, 7) is 2.23. The van der Waals surface area contributed by atoms with Crippen LogP contribution in [0, 0.1) is 0 Å². The molecule has 3 aromatic rings. The van der Waals surface area contributed by atoms with E-state index < -0.39 is 11.0 Å². The van der Waals surface area contributed by atoms with Gasteiger partial charge in [0.15, 0.2) is 16.0 Å². The first-order chi connectivity index (χ1) is 14.1. The molecule has 0 radical (unpaired) electrons. The summed E-state index contributed by atoms with van der Waals surface area (Å²) >= 11 is 0. The molecule has 3 heterocycles. The number of amides is 1. The molecule has 5 rings (SSSR count). The molecule has 7 nitrogen and oxygen atoms in total. The molecular formula is C21H18N4O3S. The number of carbonyl (C=O) groups excluding carboxylic acids is 1. The fourth-order valence-electron chi connectivity index (χ4n) is 3.52. The van der Waals surface area contributed by atoms with Crippen molar-refractivity contribution in [3.63, 3.8) is 0 Å². The number of nitrogens with zero attached hydrogens (tertiary/aromatic N) is 3. The van der Waals surface area contributed by atoms with Crippen molar-refractivity contribution in [3.05, 3.63) is 83.7 Å². The van der Waals surface area contributed by atoms with Gasteiger partial charge >= 0.3 is 0 Å². The molecule has 1 unspecified atom stereocenters. The predicted octanol–water partition coefficient (Wildman–Crippen LogP) is 2.78. The maximum Gasteiger partial charge on any atom is 0.258 e. The van der Waals surface area contributed by atoms with Gasteiger partial charge in [-0.3, -0.25) is 14.4 Å². The van der Waals surface area contributed by atoms with Gasteiger partial charge in [0.2, 0.25) is 0 Å². The Morgan fingerprint density at radius 1 is 1.07 bits per heavy atom. The third-order valence-electron chi connectivity index (χ3n) is 4.79. The Labute approximate surface area is 170 Å². The standard InChI is InChI=1S/C21H18N4O3S/c26-20-10-21(29(27)23-20)25-13-16-12-24(14-19(16)22-25)11-15-5-4-8-18(9-15)28-17-6-2-1-3-7-17/h1-10,13H,11-12,14H2,(H,23,26). The van der Waals surface area contributed by atoms with E-state index >= 15 is 0 Å². The highest BCUT2D eigenvalue weighted by atomic mass is 32.2. The number of nitrogens with one attached hydrogen (secondary N) is 1. The topological polar surface area (TPSA) is 76.5 Å². The van der Waals surface area contributed by atoms with Crippen LogP contribution in [0.1, 0.15) is 16.8 Å². The van der Waals surface area contributed by atoms with Gasteiger partial charge < -0.3 is 4.74 Å². The zero-order chi connectivity index (χ0) is 19.8. The van der Waals surface area contributed by atoms with Crippen molar-refractivity contribution in [1.29, 1.82) is 0 Å². The molecule has 0 fully saturated rings. The molecule has 2 aliphatic rings. The molecule has 146 valence electrons. The first kappa shape index (κ1) is 17.8. The van der Waals surface area contributed by atoms with Gasteiger partial charge in [-0.25, -0.2) is 8.89 Å². The first-order valence-electron chi connectivity index (χ1n) is 9.20. The van der Waals surface area contributed by atoms with Gasteiger partial charge in [-0.2, -0.15) is 5.10 Å². The van der Waals surface area contributed by atoms with Crippen molar-refractivity contribution in [2.45, 2.75) is 19.6 Å². The highest BCUT2D eigenvalue weighted by molar-refractivity contribution is 7.93. The van der Waals surface area contributed by atoms with Crippen LogP contribution in [-0.4, -0.2) is 24.8 Å². The van der Waals surface area contributed by atoms with Crippen LogP contribution in [0.4, 0.5) is 0 Å². The maximum atomic E-state index is 11.9. The van der Waals surface area contributed by atoms with Gasteiger partial charge in [0.05, 0.1) is 5.69 Å². The molecule has 0 bridgehead atoms. The Hall–Kier alpha value is -3.23. The Bertz CT molecular complexity index is 1120. The lowest BCUT2D eigenvalue weighted by molar-refractivity contribution is -0.114. The van der Waals surface area contributed by atoms with E-state index in [4.69, 9.17) is 4.74 Å². The molecule has 1 N–H and O–H groups in total. The van der Waals surface area contributed by atoms with Gasteiger partial charge in [-0.05, 0) is 29.8 Å². The number of carbonyl (C=O) groups is 1. The van der Waals surface area contributed by atoms with Gasteiger partial charge in [-0.15, -0.1) is 0 Å². The van der Waals surface area contributed by atoms with Crippen LogP contribution in [0.2, 0.25) is 0 Å². The summed E-state index contributed by atoms with van der Waals surface area (Å²) < 4.78 is 21.7. The fourth-order valence-corrected chi connectivity index (χ4v) is 4.35. The zero-order valence-electron chi connectivity index (χ0n) is 15.4. The van der Waals surface area contributed by atoms with Crippen molar-refractivity contribution in [3.8, 4) is 11.5 Å². The average Bonchev–Trinajstić information content (AvgIpc) is 3.35. The van der Waals surface area contributed by atoms with Crippen LogP contribution in [0.15, 0.2) is 66.9 Å². The number of aromatic nitrogens is 2. The van der Waals surface area contributed by atoms with Crippen LogP contribution >= 0.6 is 0 Å². The number of hydrogen-bond acceptors (Lipinski definition) is 5. The molecule has 2 aliphatic heterocycles. The molecule has 8 heteroatoms. The SMILES string of the molecule is O=C1C=C(n2cc3c(n2)CN(Cc2cccc(Oc4ccccc4)c2)C3)S(=O)N1. The van der Waals surface area contributed by atoms with E-state index in [1.165, 1.54) is 6.08 Å². The lowest BCUT2D eigenvalue weighted by Crippen LogP contribution is -2.18. The molecule has 29 heavy (non-hydrogen) atoms. The molecule has 0 saturated carbocycles. The second-order valence-corrected chi connectivity index (χ2v) is 8.13. The summed E-state index contributed by atoms with van der Waals surface area (Å²) in [5.41, 5.74) is 3.18. The summed E-state index contributed by atoms with van der Waals surface area (Å²) in [6.07, 6.45) is 3.18. The fraction of sp³-hybridized carbons (Fsp3) is 0.143. The second-order valence-electron chi connectivity index (χ2n) is 6.97. The highest BCUT2D eigenvalue weighted by Crippen LogP contribution is 2.27. The summed E-state index contributed by atoms with van der Waals surface area (Å²) in [4.78, 5) is 13.7. The number of rotatable bonds is 5. The van der Waals surface area contributed by atoms with Crippen molar-refractivity contribution in [1.82, 2.24) is 19.4 Å². The van der Waals surface area contributed by atoms with E-state index in [1.807, 2.05) is 54.7 Å². The van der Waals surface area contributed by atoms with Gasteiger partial charge in [-0.1, -0.05) is 30.3 Å². The summed E-state index contributed by atoms with van der Waals surface area (Å²) in [5.74, 6) is 1.27. The van der Waals surface area contributed by atoms with Crippen molar-refractivity contribution >= 4 is 21.9 Å². The predicted molar refractivity (Wildman–Crippen MR) is 109 cm³/mol. The molecular weight excluding hydrogens is 388 g/mol. The summed E-state index contributed by atoms with van der Waals surface area (Å²) in [6, 6.07) is 17.8. The molecule has 1 aromatic heterocycles. The Morgan fingerprint density at radius 2 is 1.90 bits per heavy atom. The van der Waals surface area contributed by atoms with Crippen LogP contribution in [0.3, 0.4) is 0 Å². The largest absolute Gasteiger partial charge is 0.457 e. The number of fused-ring (bicyclic) bond motifs is 1. The number of hydrogen-bond donors (Lipinski definition) is 1. The number of benzene rings is 2. The summed E-state index contributed by atoms with van der Waals surface area (Å²) in [7, 11) is -1.54. The molecule has 1 atom stereocenters. The zero-order valence-corrected chi connectivity index (χ0v) is 16.3. The Balaban J connectivity index is 1.26. The van der Waals surface area contributed by atoms with Crippen molar-refractivity contribution in [2.24, 2.45) is 0 Å². The third-order valence-corrected chi connectivity index (χ3v) is 5.86. The Kier molecular flexibility index (Phi) is 4.49. The lowest BCUT2D eigenvalue weighted by Gasteiger charge is -2.16. The number of para-hydroxylation sites is 1. The minimum atomic E-state index is -1.54. The molecule has 0 aliphatic carbocycles. The third kappa shape index (κ3) is 3.72. The van der Waals surface area contributed by atoms with Crippen LogP contribution in [0.5, 0.6) is 11.5 Å². The van der Waals surface area contributed by atoms with Crippen molar-refractivity contribution < 1.29 is 13.7 Å². The monoisotopic (exact) mass is 406 g/mol. The van der Waals surface area contributed by atoms with Gasteiger partial charge in [0.1, 0.15) is 11.5 Å². The smallest absolute Gasteiger partial charge is 0.258 e. The minimum absolute atomic E-state index is 0.353. The molecule has 0 saturated heterocycles. The maximum absolute atomic E-state index is 11.9. The van der Waals surface area contributed by atoms with E-state index in [1.54, 1.807) is 4.68 Å². The first-order valence-corrected chi connectivity index (χ1v) is 10.3. The highest BCUT2D eigenvalue weighted by Gasteiger charge is 2.27. The minimum Gasteiger partial charge on any atom is -0.457 e. The van der Waals surface area contributed by atoms with E-state index in [0.717, 1.165) is 41.4 Å². The number of ether oxygens (including phenoxy) is 1. The van der Waals surface area contributed by atoms with E-state index in [-0.39, 0.29) is 5.91 Å².